The van der Waals surface area contributed by atoms with E-state index in [-0.39, 0.29) is 10.7 Å². The molecule has 0 saturated carbocycles. The van der Waals surface area contributed by atoms with Crippen LogP contribution in [0.2, 0.25) is 0 Å². The van der Waals surface area contributed by atoms with E-state index in [0.717, 1.165) is 12.8 Å². The highest BCUT2D eigenvalue weighted by molar-refractivity contribution is 7.99. The molecule has 1 aromatic rings. The number of thioether (sulfide) groups is 1. The van der Waals surface area contributed by atoms with Crippen molar-refractivity contribution in [2.45, 2.75) is 49.8 Å². The van der Waals surface area contributed by atoms with E-state index in [9.17, 15) is 4.79 Å². The van der Waals surface area contributed by atoms with Gasteiger partial charge in [-0.05, 0) is 59.2 Å². The van der Waals surface area contributed by atoms with Gasteiger partial charge in [0.1, 0.15) is 0 Å². The first-order chi connectivity index (χ1) is 8.49. The second-order valence-electron chi connectivity index (χ2n) is 5.52. The highest BCUT2D eigenvalue weighted by Gasteiger charge is 2.27. The van der Waals surface area contributed by atoms with E-state index in [2.05, 4.69) is 32.0 Å². The van der Waals surface area contributed by atoms with Crippen LogP contribution in [0.3, 0.4) is 0 Å². The Morgan fingerprint density at radius 3 is 2.94 bits per heavy atom. The first-order valence-electron chi connectivity index (χ1n) is 6.43. The van der Waals surface area contributed by atoms with Crippen molar-refractivity contribution < 1.29 is 4.79 Å². The molecule has 0 aromatic heterocycles. The molecule has 0 bridgehead atoms. The largest absolute Gasteiger partial charge is 0.281 e. The summed E-state index contributed by atoms with van der Waals surface area (Å²) in [7, 11) is 0. The molecule has 1 nitrogen and oxygen atoms in total. The third kappa shape index (κ3) is 3.30. The third-order valence-corrected chi connectivity index (χ3v) is 4.86. The van der Waals surface area contributed by atoms with Gasteiger partial charge in [-0.1, -0.05) is 26.0 Å². The molecule has 98 valence electrons. The number of carbonyl (C=O) groups excluding carboxylic acids is 1. The fraction of sp³-hybridized carbons (Fsp3) is 0.533. The van der Waals surface area contributed by atoms with Crippen molar-refractivity contribution >= 4 is 28.6 Å². The lowest BCUT2D eigenvalue weighted by molar-refractivity contribution is -0.111. The van der Waals surface area contributed by atoms with E-state index in [1.807, 2.05) is 11.8 Å². The number of hydrogen-bond acceptors (Lipinski definition) is 2. The molecule has 0 spiro atoms. The zero-order chi connectivity index (χ0) is 13.2. The number of halogens is 1. The van der Waals surface area contributed by atoms with Crippen LogP contribution in [0, 0.1) is 0 Å². The van der Waals surface area contributed by atoms with Crippen molar-refractivity contribution in [1.82, 2.24) is 0 Å². The second kappa shape index (κ2) is 5.66. The molecule has 2 rings (SSSR count). The van der Waals surface area contributed by atoms with E-state index >= 15 is 0 Å². The van der Waals surface area contributed by atoms with Gasteiger partial charge in [0.25, 0.3) is 0 Å². The van der Waals surface area contributed by atoms with E-state index < -0.39 is 0 Å². The van der Waals surface area contributed by atoms with Crippen LogP contribution in [0.25, 0.3) is 0 Å². The molecular weight excluding hydrogens is 264 g/mol. The zero-order valence-corrected chi connectivity index (χ0v) is 12.5. The summed E-state index contributed by atoms with van der Waals surface area (Å²) < 4.78 is 0. The Balaban J connectivity index is 2.13. The molecule has 1 aromatic carbocycles. The summed E-state index contributed by atoms with van der Waals surface area (Å²) in [5.74, 6) is 1.21. The van der Waals surface area contributed by atoms with Crippen LogP contribution in [0.5, 0.6) is 0 Å². The summed E-state index contributed by atoms with van der Waals surface area (Å²) in [4.78, 5) is 12.2. The minimum absolute atomic E-state index is 0.233. The molecule has 0 fully saturated rings. The molecule has 1 heterocycles. The summed E-state index contributed by atoms with van der Waals surface area (Å²) in [6.07, 6.45) is 3.48. The molecule has 1 aliphatic heterocycles. The van der Waals surface area contributed by atoms with E-state index in [0.29, 0.717) is 6.42 Å². The maximum atomic E-state index is 10.7. The Bertz CT molecular complexity index is 454. The van der Waals surface area contributed by atoms with Crippen LogP contribution in [-0.4, -0.2) is 11.0 Å². The van der Waals surface area contributed by atoms with E-state index in [4.69, 9.17) is 11.6 Å². The highest BCUT2D eigenvalue weighted by atomic mass is 35.5. The predicted molar refractivity (Wildman–Crippen MR) is 78.6 cm³/mol. The second-order valence-corrected chi connectivity index (χ2v) is 7.08. The molecule has 0 unspecified atom stereocenters. The van der Waals surface area contributed by atoms with Crippen molar-refractivity contribution in [1.29, 1.82) is 0 Å². The highest BCUT2D eigenvalue weighted by Crippen LogP contribution is 2.41. The molecule has 3 heteroatoms. The standard InChI is InChI=1S/C15H19ClOS/c1-15(2)8-9-18-13-7-6-11(10-12(13)15)4-3-5-14(16)17/h6-7,10H,3-5,8-9H2,1-2H3. The SMILES string of the molecule is CC1(C)CCSc2ccc(CCCC(=O)Cl)cc21. The Kier molecular flexibility index (Phi) is 4.39. The molecule has 0 saturated heterocycles. The van der Waals surface area contributed by atoms with Crippen LogP contribution in [0.4, 0.5) is 0 Å². The number of carbonyl (C=O) groups is 1. The molecule has 0 N–H and O–H groups in total. The van der Waals surface area contributed by atoms with Crippen molar-refractivity contribution in [3.8, 4) is 0 Å². The smallest absolute Gasteiger partial charge is 0.221 e. The fourth-order valence-corrected chi connectivity index (χ4v) is 3.99. The lowest BCUT2D eigenvalue weighted by Gasteiger charge is -2.32. The quantitative estimate of drug-likeness (QED) is 0.754. The van der Waals surface area contributed by atoms with Gasteiger partial charge < -0.3 is 0 Å². The van der Waals surface area contributed by atoms with Gasteiger partial charge in [-0.2, -0.15) is 0 Å². The molecule has 18 heavy (non-hydrogen) atoms. The van der Waals surface area contributed by atoms with Crippen molar-refractivity contribution in [2.24, 2.45) is 0 Å². The van der Waals surface area contributed by atoms with Crippen molar-refractivity contribution in [2.75, 3.05) is 5.75 Å². The van der Waals surface area contributed by atoms with Crippen molar-refractivity contribution in [3.63, 3.8) is 0 Å². The monoisotopic (exact) mass is 282 g/mol. The van der Waals surface area contributed by atoms with Crippen LogP contribution in [0.1, 0.15) is 44.2 Å². The van der Waals surface area contributed by atoms with Crippen LogP contribution in [-0.2, 0) is 16.6 Å². The van der Waals surface area contributed by atoms with Crippen LogP contribution in [0.15, 0.2) is 23.1 Å². The van der Waals surface area contributed by atoms with Gasteiger partial charge in [-0.25, -0.2) is 0 Å². The molecular formula is C15H19ClOS. The molecule has 1 aliphatic rings. The Labute approximate surface area is 118 Å². The Morgan fingerprint density at radius 1 is 1.44 bits per heavy atom. The first kappa shape index (κ1) is 14.0. The maximum Gasteiger partial charge on any atom is 0.221 e. The summed E-state index contributed by atoms with van der Waals surface area (Å²) in [5, 5.41) is -0.233. The van der Waals surface area contributed by atoms with Gasteiger partial charge in [0.15, 0.2) is 0 Å². The van der Waals surface area contributed by atoms with Crippen molar-refractivity contribution in [3.05, 3.63) is 29.3 Å². The van der Waals surface area contributed by atoms with Gasteiger partial charge >= 0.3 is 0 Å². The van der Waals surface area contributed by atoms with Gasteiger partial charge in [0.2, 0.25) is 5.24 Å². The number of fused-ring (bicyclic) bond motifs is 1. The number of aryl methyl sites for hydroxylation is 1. The summed E-state index contributed by atoms with van der Waals surface area (Å²) in [6.45, 7) is 4.63. The summed E-state index contributed by atoms with van der Waals surface area (Å²) in [5.41, 5.74) is 3.06. The topological polar surface area (TPSA) is 17.1 Å². The fourth-order valence-electron chi connectivity index (χ4n) is 2.37. The minimum atomic E-state index is -0.233. The predicted octanol–water partition coefficient (Wildman–Crippen LogP) is 4.55. The normalized spacial score (nSPS) is 17.3. The summed E-state index contributed by atoms with van der Waals surface area (Å²) >= 11 is 7.32. The summed E-state index contributed by atoms with van der Waals surface area (Å²) in [6, 6.07) is 6.74. The van der Waals surface area contributed by atoms with Gasteiger partial charge in [-0.15, -0.1) is 11.8 Å². The van der Waals surface area contributed by atoms with E-state index in [1.165, 1.54) is 28.2 Å². The number of benzene rings is 1. The molecule has 0 radical (unpaired) electrons. The lowest BCUT2D eigenvalue weighted by atomic mass is 9.81. The van der Waals surface area contributed by atoms with Gasteiger partial charge in [-0.3, -0.25) is 4.79 Å². The van der Waals surface area contributed by atoms with E-state index in [1.54, 1.807) is 0 Å². The van der Waals surface area contributed by atoms with Gasteiger partial charge in [0, 0.05) is 11.3 Å². The maximum absolute atomic E-state index is 10.7. The molecule has 0 aliphatic carbocycles. The van der Waals surface area contributed by atoms with Crippen LogP contribution < -0.4 is 0 Å². The Morgan fingerprint density at radius 2 is 2.22 bits per heavy atom. The average molecular weight is 283 g/mol. The molecule has 0 atom stereocenters. The van der Waals surface area contributed by atoms with Gasteiger partial charge in [0.05, 0.1) is 0 Å². The third-order valence-electron chi connectivity index (χ3n) is 3.60. The number of hydrogen-bond donors (Lipinski definition) is 0. The lowest BCUT2D eigenvalue weighted by Crippen LogP contribution is -2.22. The zero-order valence-electron chi connectivity index (χ0n) is 11.0. The minimum Gasteiger partial charge on any atom is -0.281 e. The molecule has 0 amide bonds. The van der Waals surface area contributed by atoms with Crippen LogP contribution >= 0.6 is 23.4 Å². The number of rotatable bonds is 4. The first-order valence-corrected chi connectivity index (χ1v) is 7.80. The Hall–Kier alpha value is -0.470. The average Bonchev–Trinajstić information content (AvgIpc) is 2.29.